The van der Waals surface area contributed by atoms with Gasteiger partial charge in [0.05, 0.1) is 11.7 Å². The Balaban J connectivity index is 3.21. The maximum atomic E-state index is 11.8. The number of rotatable bonds is 3. The average Bonchev–Trinajstić information content (AvgIpc) is 2.22. The third-order valence-corrected chi connectivity index (χ3v) is 2.43. The molecule has 0 saturated carbocycles. The molecule has 0 aliphatic carbocycles. The van der Waals surface area contributed by atoms with Crippen molar-refractivity contribution in [1.29, 1.82) is 0 Å². The lowest BCUT2D eigenvalue weighted by atomic mass is 9.99. The Labute approximate surface area is 92.1 Å². The summed E-state index contributed by atoms with van der Waals surface area (Å²) in [6.07, 6.45) is 0. The van der Waals surface area contributed by atoms with E-state index in [2.05, 4.69) is 4.98 Å². The first-order chi connectivity index (χ1) is 7.34. The number of aromatic amines is 1. The lowest BCUT2D eigenvalue weighted by Crippen LogP contribution is -2.40. The average molecular weight is 225 g/mol. The van der Waals surface area contributed by atoms with Gasteiger partial charge < -0.3 is 10.7 Å². The molecule has 1 unspecified atom stereocenters. The van der Waals surface area contributed by atoms with E-state index < -0.39 is 23.1 Å². The maximum Gasteiger partial charge on any atom is 0.328 e. The van der Waals surface area contributed by atoms with Crippen molar-refractivity contribution in [3.8, 4) is 0 Å². The minimum absolute atomic E-state index is 0.0331. The summed E-state index contributed by atoms with van der Waals surface area (Å²) in [6, 6.07) is 0.370. The van der Waals surface area contributed by atoms with Crippen molar-refractivity contribution < 1.29 is 4.79 Å². The molecule has 6 nitrogen and oxygen atoms in total. The summed E-state index contributed by atoms with van der Waals surface area (Å²) in [6.45, 7) is 3.59. The lowest BCUT2D eigenvalue weighted by Gasteiger charge is -2.13. The zero-order valence-corrected chi connectivity index (χ0v) is 9.48. The van der Waals surface area contributed by atoms with E-state index in [-0.39, 0.29) is 11.6 Å². The number of nitrogens with two attached hydrogens (primary N) is 1. The molecule has 0 aromatic carbocycles. The van der Waals surface area contributed by atoms with Gasteiger partial charge in [-0.1, -0.05) is 13.8 Å². The molecule has 1 aromatic rings. The highest BCUT2D eigenvalue weighted by Crippen LogP contribution is 2.03. The van der Waals surface area contributed by atoms with E-state index in [0.29, 0.717) is 0 Å². The molecular weight excluding hydrogens is 210 g/mol. The standard InChI is InChI=1S/C10H15N3O3/c1-5(2)8(11)9(15)6-4-7(14)13(3)10(16)12-6/h4-5,8H,11H2,1-3H3,(H,12,16). The summed E-state index contributed by atoms with van der Waals surface area (Å²) < 4.78 is 0.887. The molecular formula is C10H15N3O3. The second kappa shape index (κ2) is 4.44. The van der Waals surface area contributed by atoms with Crippen LogP contribution in [-0.4, -0.2) is 21.4 Å². The van der Waals surface area contributed by atoms with E-state index in [9.17, 15) is 14.4 Å². The van der Waals surface area contributed by atoms with E-state index >= 15 is 0 Å². The monoisotopic (exact) mass is 225 g/mol. The fourth-order valence-corrected chi connectivity index (χ4v) is 1.17. The van der Waals surface area contributed by atoms with Gasteiger partial charge in [-0.25, -0.2) is 4.79 Å². The minimum Gasteiger partial charge on any atom is -0.321 e. The summed E-state index contributed by atoms with van der Waals surface area (Å²) in [5, 5.41) is 0. The Morgan fingerprint density at radius 2 is 2.00 bits per heavy atom. The number of hydrogen-bond acceptors (Lipinski definition) is 4. The van der Waals surface area contributed by atoms with E-state index in [1.54, 1.807) is 13.8 Å². The van der Waals surface area contributed by atoms with Gasteiger partial charge in [-0.15, -0.1) is 0 Å². The van der Waals surface area contributed by atoms with Crippen LogP contribution in [0.5, 0.6) is 0 Å². The number of aromatic nitrogens is 2. The number of Topliss-reactive ketones (excluding diaryl/α,β-unsaturated/α-hetero) is 1. The summed E-state index contributed by atoms with van der Waals surface area (Å²) in [7, 11) is 1.33. The molecule has 0 saturated heterocycles. The first-order valence-corrected chi connectivity index (χ1v) is 4.94. The number of nitrogens with zero attached hydrogens (tertiary/aromatic N) is 1. The molecule has 1 heterocycles. The number of hydrogen-bond donors (Lipinski definition) is 2. The van der Waals surface area contributed by atoms with E-state index in [4.69, 9.17) is 5.73 Å². The van der Waals surface area contributed by atoms with E-state index in [1.807, 2.05) is 0 Å². The third-order valence-electron chi connectivity index (χ3n) is 2.43. The van der Waals surface area contributed by atoms with Crippen LogP contribution in [0.3, 0.4) is 0 Å². The van der Waals surface area contributed by atoms with Crippen LogP contribution in [0.25, 0.3) is 0 Å². The molecule has 0 fully saturated rings. The number of nitrogens with one attached hydrogen (secondary N) is 1. The second-order valence-corrected chi connectivity index (χ2v) is 4.02. The van der Waals surface area contributed by atoms with Gasteiger partial charge >= 0.3 is 5.69 Å². The smallest absolute Gasteiger partial charge is 0.321 e. The van der Waals surface area contributed by atoms with Crippen LogP contribution in [0, 0.1) is 5.92 Å². The lowest BCUT2D eigenvalue weighted by molar-refractivity contribution is 0.0934. The van der Waals surface area contributed by atoms with Crippen LogP contribution in [-0.2, 0) is 7.05 Å². The molecule has 0 bridgehead atoms. The zero-order valence-electron chi connectivity index (χ0n) is 9.48. The van der Waals surface area contributed by atoms with E-state index in [0.717, 1.165) is 10.6 Å². The van der Waals surface area contributed by atoms with Gasteiger partial charge in [0.1, 0.15) is 0 Å². The molecule has 0 radical (unpaired) electrons. The zero-order chi connectivity index (χ0) is 12.5. The number of carbonyl (C=O) groups is 1. The van der Waals surface area contributed by atoms with E-state index in [1.165, 1.54) is 7.05 Å². The first kappa shape index (κ1) is 12.4. The van der Waals surface area contributed by atoms with Crippen molar-refractivity contribution in [2.45, 2.75) is 19.9 Å². The Kier molecular flexibility index (Phi) is 3.44. The van der Waals surface area contributed by atoms with Gasteiger partial charge in [0.2, 0.25) is 0 Å². The predicted molar refractivity (Wildman–Crippen MR) is 59.4 cm³/mol. The Morgan fingerprint density at radius 1 is 1.44 bits per heavy atom. The van der Waals surface area contributed by atoms with Crippen LogP contribution < -0.4 is 17.0 Å². The quantitative estimate of drug-likeness (QED) is 0.660. The molecule has 0 spiro atoms. The van der Waals surface area contributed by atoms with Crippen molar-refractivity contribution in [2.75, 3.05) is 0 Å². The Hall–Kier alpha value is -1.69. The van der Waals surface area contributed by atoms with Crippen molar-refractivity contribution in [3.63, 3.8) is 0 Å². The normalized spacial score (nSPS) is 12.8. The van der Waals surface area contributed by atoms with Crippen molar-refractivity contribution in [1.82, 2.24) is 9.55 Å². The van der Waals surface area contributed by atoms with Gasteiger partial charge in [-0.05, 0) is 5.92 Å². The van der Waals surface area contributed by atoms with Crippen LogP contribution in [0.15, 0.2) is 15.7 Å². The summed E-state index contributed by atoms with van der Waals surface area (Å²) >= 11 is 0. The molecule has 3 N–H and O–H groups in total. The highest BCUT2D eigenvalue weighted by molar-refractivity contribution is 5.98. The van der Waals surface area contributed by atoms with Crippen LogP contribution >= 0.6 is 0 Å². The molecule has 6 heteroatoms. The van der Waals surface area contributed by atoms with Crippen molar-refractivity contribution in [2.24, 2.45) is 18.7 Å². The van der Waals surface area contributed by atoms with Crippen molar-refractivity contribution >= 4 is 5.78 Å². The molecule has 0 aliphatic heterocycles. The SMILES string of the molecule is CC(C)C(N)C(=O)c1cc(=O)n(C)c(=O)[nH]1. The summed E-state index contributed by atoms with van der Waals surface area (Å²) in [5.74, 6) is -0.482. The number of carbonyl (C=O) groups excluding carboxylic acids is 1. The molecule has 1 atom stereocenters. The van der Waals surface area contributed by atoms with Crippen LogP contribution in [0.2, 0.25) is 0 Å². The van der Waals surface area contributed by atoms with Crippen molar-refractivity contribution in [3.05, 3.63) is 32.6 Å². The largest absolute Gasteiger partial charge is 0.328 e. The maximum absolute atomic E-state index is 11.8. The highest BCUT2D eigenvalue weighted by atomic mass is 16.2. The molecule has 88 valence electrons. The molecule has 0 aliphatic rings. The minimum atomic E-state index is -0.720. The van der Waals surface area contributed by atoms with Gasteiger partial charge in [-0.3, -0.25) is 14.2 Å². The Bertz CT molecular complexity index is 482. The number of ketones is 1. The first-order valence-electron chi connectivity index (χ1n) is 4.94. The fraction of sp³-hybridized carbons (Fsp3) is 0.500. The number of H-pyrrole nitrogens is 1. The van der Waals surface area contributed by atoms with Gasteiger partial charge in [-0.2, -0.15) is 0 Å². The van der Waals surface area contributed by atoms with Gasteiger partial charge in [0.15, 0.2) is 5.78 Å². The van der Waals surface area contributed by atoms with Crippen LogP contribution in [0.4, 0.5) is 0 Å². The molecule has 1 rings (SSSR count). The van der Waals surface area contributed by atoms with Gasteiger partial charge in [0.25, 0.3) is 5.56 Å². The summed E-state index contributed by atoms with van der Waals surface area (Å²) in [4.78, 5) is 36.7. The predicted octanol–water partition coefficient (Wildman–Crippen LogP) is -0.760. The molecule has 0 amide bonds. The summed E-state index contributed by atoms with van der Waals surface area (Å²) in [5.41, 5.74) is 4.47. The fourth-order valence-electron chi connectivity index (χ4n) is 1.17. The molecule has 1 aromatic heterocycles. The molecule has 16 heavy (non-hydrogen) atoms. The van der Waals surface area contributed by atoms with Gasteiger partial charge in [0, 0.05) is 13.1 Å². The topological polar surface area (TPSA) is 97.9 Å². The Morgan fingerprint density at radius 3 is 2.44 bits per heavy atom. The highest BCUT2D eigenvalue weighted by Gasteiger charge is 2.20. The second-order valence-electron chi connectivity index (χ2n) is 4.02. The van der Waals surface area contributed by atoms with Crippen LogP contribution in [0.1, 0.15) is 24.3 Å². The third kappa shape index (κ3) is 2.27.